The summed E-state index contributed by atoms with van der Waals surface area (Å²) in [7, 11) is 1.57. The number of hydrogen-bond donors (Lipinski definition) is 1. The van der Waals surface area contributed by atoms with E-state index < -0.39 is 11.9 Å². The number of likely N-dealkylation sites (tertiary alicyclic amines) is 1. The molecule has 1 aromatic carbocycles. The van der Waals surface area contributed by atoms with Gasteiger partial charge >= 0.3 is 5.97 Å². The van der Waals surface area contributed by atoms with Crippen molar-refractivity contribution in [3.8, 4) is 5.75 Å². The molecule has 0 aliphatic carbocycles. The lowest BCUT2D eigenvalue weighted by Crippen LogP contribution is -2.30. The van der Waals surface area contributed by atoms with E-state index in [4.69, 9.17) is 4.74 Å². The zero-order valence-corrected chi connectivity index (χ0v) is 15.7. The van der Waals surface area contributed by atoms with Gasteiger partial charge in [0.15, 0.2) is 0 Å². The number of aliphatic carboxylic acids is 1. The van der Waals surface area contributed by atoms with Crippen LogP contribution in [0.25, 0.3) is 0 Å². The van der Waals surface area contributed by atoms with Crippen molar-refractivity contribution in [3.05, 3.63) is 45.9 Å². The van der Waals surface area contributed by atoms with Gasteiger partial charge in [-0.1, -0.05) is 25.1 Å². The minimum atomic E-state index is -0.902. The lowest BCUT2D eigenvalue weighted by molar-refractivity contribution is -0.141. The lowest BCUT2D eigenvalue weighted by Gasteiger charge is -2.18. The molecule has 0 radical (unpaired) electrons. The zero-order valence-electron chi connectivity index (χ0n) is 14.8. The first-order valence-corrected chi connectivity index (χ1v) is 9.52. The number of ether oxygens (including phenoxy) is 1. The van der Waals surface area contributed by atoms with Gasteiger partial charge in [-0.25, -0.2) is 4.98 Å². The van der Waals surface area contributed by atoms with Crippen LogP contribution in [0.3, 0.4) is 0 Å². The van der Waals surface area contributed by atoms with Crippen molar-refractivity contribution < 1.29 is 19.4 Å². The van der Waals surface area contributed by atoms with E-state index in [9.17, 15) is 14.7 Å². The van der Waals surface area contributed by atoms with Crippen molar-refractivity contribution in [3.63, 3.8) is 0 Å². The third kappa shape index (κ3) is 3.58. The molecule has 3 rings (SSSR count). The van der Waals surface area contributed by atoms with E-state index in [-0.39, 0.29) is 18.4 Å². The van der Waals surface area contributed by atoms with Crippen molar-refractivity contribution in [2.45, 2.75) is 25.7 Å². The van der Waals surface area contributed by atoms with E-state index in [0.29, 0.717) is 18.0 Å². The number of para-hydroxylation sites is 1. The van der Waals surface area contributed by atoms with E-state index in [1.807, 2.05) is 24.3 Å². The number of rotatable bonds is 6. The van der Waals surface area contributed by atoms with E-state index >= 15 is 0 Å². The Morgan fingerprint density at radius 3 is 2.81 bits per heavy atom. The molecule has 1 fully saturated rings. The molecule has 0 unspecified atom stereocenters. The normalized spacial score (nSPS) is 19.5. The number of carbonyl (C=O) groups excluding carboxylic acids is 1. The molecular weight excluding hydrogens is 352 g/mol. The SMILES string of the molecule is CCCc1nc(C(=O)N2C[C@H](C(=O)O)[C@@H](c3ccccc3OC)C2)cs1. The Labute approximate surface area is 156 Å². The molecule has 1 saturated heterocycles. The van der Waals surface area contributed by atoms with Crippen LogP contribution < -0.4 is 4.74 Å². The molecule has 0 bridgehead atoms. The first kappa shape index (κ1) is 18.4. The number of aryl methyl sites for hydroxylation is 1. The fourth-order valence-electron chi connectivity index (χ4n) is 3.41. The third-order valence-corrected chi connectivity index (χ3v) is 5.61. The number of amides is 1. The minimum absolute atomic E-state index is 0.178. The van der Waals surface area contributed by atoms with Gasteiger partial charge in [-0.3, -0.25) is 9.59 Å². The number of nitrogens with zero attached hydrogens (tertiary/aromatic N) is 2. The fraction of sp³-hybridized carbons (Fsp3) is 0.421. The van der Waals surface area contributed by atoms with Crippen LogP contribution >= 0.6 is 11.3 Å². The van der Waals surface area contributed by atoms with Crippen LogP contribution in [0.15, 0.2) is 29.6 Å². The second kappa shape index (κ2) is 7.86. The van der Waals surface area contributed by atoms with E-state index in [0.717, 1.165) is 23.4 Å². The Bertz CT molecular complexity index is 804. The molecule has 1 aliphatic rings. The predicted octanol–water partition coefficient (Wildman–Crippen LogP) is 3.04. The number of carboxylic acids is 1. The van der Waals surface area contributed by atoms with Gasteiger partial charge in [-0.05, 0) is 24.5 Å². The smallest absolute Gasteiger partial charge is 0.308 e. The van der Waals surface area contributed by atoms with Crippen LogP contribution in [0, 0.1) is 5.92 Å². The zero-order chi connectivity index (χ0) is 18.7. The Hall–Kier alpha value is -2.41. The van der Waals surface area contributed by atoms with Gasteiger partial charge in [0, 0.05) is 24.4 Å². The van der Waals surface area contributed by atoms with Gasteiger partial charge < -0.3 is 14.7 Å². The molecule has 2 aromatic rings. The first-order chi connectivity index (χ1) is 12.5. The number of benzene rings is 1. The van der Waals surface area contributed by atoms with E-state index in [1.54, 1.807) is 17.4 Å². The van der Waals surface area contributed by atoms with Crippen LogP contribution in [-0.4, -0.2) is 47.1 Å². The molecule has 1 amide bonds. The number of thiazole rings is 1. The Morgan fingerprint density at radius 1 is 1.35 bits per heavy atom. The van der Waals surface area contributed by atoms with Crippen molar-refractivity contribution >= 4 is 23.2 Å². The highest BCUT2D eigenvalue weighted by atomic mass is 32.1. The van der Waals surface area contributed by atoms with Crippen LogP contribution in [0.1, 0.15) is 40.3 Å². The summed E-state index contributed by atoms with van der Waals surface area (Å²) >= 11 is 1.48. The maximum atomic E-state index is 12.8. The number of hydrogen-bond acceptors (Lipinski definition) is 5. The maximum absolute atomic E-state index is 12.8. The predicted molar refractivity (Wildman–Crippen MR) is 98.9 cm³/mol. The van der Waals surface area contributed by atoms with Crippen LogP contribution in [0.4, 0.5) is 0 Å². The summed E-state index contributed by atoms with van der Waals surface area (Å²) < 4.78 is 5.39. The van der Waals surface area contributed by atoms with Crippen molar-refractivity contribution in [1.29, 1.82) is 0 Å². The van der Waals surface area contributed by atoms with Gasteiger partial charge in [0.05, 0.1) is 18.0 Å². The van der Waals surface area contributed by atoms with Gasteiger partial charge in [-0.2, -0.15) is 0 Å². The highest BCUT2D eigenvalue weighted by molar-refractivity contribution is 7.09. The summed E-state index contributed by atoms with van der Waals surface area (Å²) in [6.07, 6.45) is 1.82. The standard InChI is InChI=1S/C19H22N2O4S/c1-3-6-17-20-15(11-26-17)18(22)21-9-13(14(10-21)19(23)24)12-7-4-5-8-16(12)25-2/h4-5,7-8,11,13-14H,3,6,9-10H2,1-2H3,(H,23,24)/t13-,14+/m1/s1. The summed E-state index contributed by atoms with van der Waals surface area (Å²) in [5.41, 5.74) is 1.23. The molecular formula is C19H22N2O4S. The second-order valence-corrected chi connectivity index (χ2v) is 7.32. The lowest BCUT2D eigenvalue weighted by atomic mass is 9.88. The minimum Gasteiger partial charge on any atom is -0.496 e. The molecule has 1 aromatic heterocycles. The molecule has 6 nitrogen and oxygen atoms in total. The van der Waals surface area contributed by atoms with Crippen molar-refractivity contribution in [2.75, 3.05) is 20.2 Å². The molecule has 138 valence electrons. The maximum Gasteiger partial charge on any atom is 0.308 e. The fourth-order valence-corrected chi connectivity index (χ4v) is 4.28. The van der Waals surface area contributed by atoms with Crippen LogP contribution in [0.5, 0.6) is 5.75 Å². The number of methoxy groups -OCH3 is 1. The summed E-state index contributed by atoms with van der Waals surface area (Å²) in [5, 5.41) is 12.4. The molecule has 2 atom stereocenters. The summed E-state index contributed by atoms with van der Waals surface area (Å²) in [4.78, 5) is 30.6. The molecule has 7 heteroatoms. The van der Waals surface area contributed by atoms with Gasteiger partial charge in [0.2, 0.25) is 0 Å². The Balaban J connectivity index is 1.84. The van der Waals surface area contributed by atoms with E-state index in [1.165, 1.54) is 11.3 Å². The average molecular weight is 374 g/mol. The van der Waals surface area contributed by atoms with Gasteiger partial charge in [-0.15, -0.1) is 11.3 Å². The summed E-state index contributed by atoms with van der Waals surface area (Å²) in [6, 6.07) is 7.39. The molecule has 1 aliphatic heterocycles. The van der Waals surface area contributed by atoms with Crippen molar-refractivity contribution in [1.82, 2.24) is 9.88 Å². The van der Waals surface area contributed by atoms with Gasteiger partial charge in [0.25, 0.3) is 5.91 Å². The Kier molecular flexibility index (Phi) is 5.56. The molecule has 0 spiro atoms. The monoisotopic (exact) mass is 374 g/mol. The largest absolute Gasteiger partial charge is 0.496 e. The highest BCUT2D eigenvalue weighted by Gasteiger charge is 2.42. The first-order valence-electron chi connectivity index (χ1n) is 8.64. The number of aromatic nitrogens is 1. The average Bonchev–Trinajstić information content (AvgIpc) is 3.28. The molecule has 0 saturated carbocycles. The van der Waals surface area contributed by atoms with E-state index in [2.05, 4.69) is 11.9 Å². The third-order valence-electron chi connectivity index (χ3n) is 4.70. The summed E-state index contributed by atoms with van der Waals surface area (Å²) in [5.74, 6) is -1.42. The van der Waals surface area contributed by atoms with Gasteiger partial charge in [0.1, 0.15) is 11.4 Å². The molecule has 26 heavy (non-hydrogen) atoms. The number of carbonyl (C=O) groups is 2. The second-order valence-electron chi connectivity index (χ2n) is 6.38. The Morgan fingerprint density at radius 2 is 2.12 bits per heavy atom. The number of carboxylic acid groups (broad SMARTS) is 1. The van der Waals surface area contributed by atoms with Crippen LogP contribution in [-0.2, 0) is 11.2 Å². The topological polar surface area (TPSA) is 79.7 Å². The summed E-state index contributed by atoms with van der Waals surface area (Å²) in [6.45, 7) is 2.59. The highest BCUT2D eigenvalue weighted by Crippen LogP contribution is 2.38. The quantitative estimate of drug-likeness (QED) is 0.841. The van der Waals surface area contributed by atoms with Crippen LogP contribution in [0.2, 0.25) is 0 Å². The molecule has 1 N–H and O–H groups in total. The van der Waals surface area contributed by atoms with Crippen molar-refractivity contribution in [2.24, 2.45) is 5.92 Å². The molecule has 2 heterocycles.